The van der Waals surface area contributed by atoms with Crippen molar-refractivity contribution < 1.29 is 22.4 Å². The zero-order valence-corrected chi connectivity index (χ0v) is 19.9. The van der Waals surface area contributed by atoms with Crippen molar-refractivity contribution in [3.05, 3.63) is 58.4 Å². The van der Waals surface area contributed by atoms with Crippen molar-refractivity contribution in [3.63, 3.8) is 0 Å². The molecule has 178 valence electrons. The number of carbonyl (C=O) groups excluding carboxylic acids is 2. The predicted octanol–water partition coefficient (Wildman–Crippen LogP) is 4.11. The Hall–Kier alpha value is -2.49. The zero-order valence-electron chi connectivity index (χ0n) is 18.4. The summed E-state index contributed by atoms with van der Waals surface area (Å²) in [5, 5.41) is 5.22. The number of aryl methyl sites for hydroxylation is 1. The normalized spacial score (nSPS) is 15.0. The molecule has 1 fully saturated rings. The molecule has 2 amide bonds. The lowest BCUT2D eigenvalue weighted by Gasteiger charge is -2.21. The fourth-order valence-electron chi connectivity index (χ4n) is 3.66. The standard InChI is InChI=1S/C23H27ClFN3O4S/c1-16-6-8-18(15-21(16)33(31,32)28-12-4-2-3-5-13-28)27-22(29)10-11-26-23(30)19-9-7-17(25)14-20(19)24/h6-9,14-15H,2-5,10-13H2,1H3,(H,26,30)(H,27,29). The van der Waals surface area contributed by atoms with Gasteiger partial charge in [-0.3, -0.25) is 9.59 Å². The third kappa shape index (κ3) is 6.52. The number of anilines is 1. The lowest BCUT2D eigenvalue weighted by molar-refractivity contribution is -0.116. The van der Waals surface area contributed by atoms with Gasteiger partial charge in [0, 0.05) is 31.7 Å². The molecule has 1 saturated heterocycles. The molecule has 0 aliphatic carbocycles. The van der Waals surface area contributed by atoms with Gasteiger partial charge >= 0.3 is 0 Å². The smallest absolute Gasteiger partial charge is 0.252 e. The Kier molecular flexibility index (Phi) is 8.45. The molecule has 1 heterocycles. The van der Waals surface area contributed by atoms with Gasteiger partial charge in [-0.1, -0.05) is 30.5 Å². The van der Waals surface area contributed by atoms with Gasteiger partial charge in [0.25, 0.3) is 5.91 Å². The van der Waals surface area contributed by atoms with E-state index in [2.05, 4.69) is 10.6 Å². The van der Waals surface area contributed by atoms with Crippen LogP contribution in [-0.4, -0.2) is 44.2 Å². The number of amides is 2. The molecule has 7 nitrogen and oxygen atoms in total. The summed E-state index contributed by atoms with van der Waals surface area (Å²) in [7, 11) is -3.65. The number of nitrogens with one attached hydrogen (secondary N) is 2. The summed E-state index contributed by atoms with van der Waals surface area (Å²) in [5.41, 5.74) is 1.09. The fourth-order valence-corrected chi connectivity index (χ4v) is 5.68. The van der Waals surface area contributed by atoms with E-state index >= 15 is 0 Å². The number of nitrogens with zero attached hydrogens (tertiary/aromatic N) is 1. The van der Waals surface area contributed by atoms with Crippen LogP contribution < -0.4 is 10.6 Å². The number of rotatable bonds is 7. The average Bonchev–Trinajstić information content (AvgIpc) is 3.05. The Balaban J connectivity index is 1.60. The number of halogens is 2. The molecule has 0 aromatic heterocycles. The summed E-state index contributed by atoms with van der Waals surface area (Å²) in [6, 6.07) is 8.22. The maximum atomic E-state index is 13.2. The third-order valence-corrected chi connectivity index (χ3v) is 7.82. The monoisotopic (exact) mass is 495 g/mol. The highest BCUT2D eigenvalue weighted by molar-refractivity contribution is 7.89. The molecule has 1 aliphatic heterocycles. The van der Waals surface area contributed by atoms with Crippen LogP contribution in [0.2, 0.25) is 5.02 Å². The van der Waals surface area contributed by atoms with Crippen LogP contribution in [0.1, 0.15) is 48.0 Å². The highest BCUT2D eigenvalue weighted by Gasteiger charge is 2.27. The Morgan fingerprint density at radius 1 is 1.06 bits per heavy atom. The van der Waals surface area contributed by atoms with Gasteiger partial charge in [0.2, 0.25) is 15.9 Å². The minimum atomic E-state index is -3.65. The first-order valence-electron chi connectivity index (χ1n) is 10.8. The van der Waals surface area contributed by atoms with E-state index in [4.69, 9.17) is 11.6 Å². The number of benzene rings is 2. The van der Waals surface area contributed by atoms with Crippen LogP contribution in [0.5, 0.6) is 0 Å². The summed E-state index contributed by atoms with van der Waals surface area (Å²) < 4.78 is 41.0. The average molecular weight is 496 g/mol. The molecule has 10 heteroatoms. The topological polar surface area (TPSA) is 95.6 Å². The Bertz CT molecular complexity index is 1130. The van der Waals surface area contributed by atoms with E-state index in [0.717, 1.165) is 37.8 Å². The van der Waals surface area contributed by atoms with E-state index in [1.165, 1.54) is 16.4 Å². The largest absolute Gasteiger partial charge is 0.351 e. The second-order valence-electron chi connectivity index (χ2n) is 7.98. The highest BCUT2D eigenvalue weighted by Crippen LogP contribution is 2.26. The first-order valence-corrected chi connectivity index (χ1v) is 12.6. The van der Waals surface area contributed by atoms with Crippen LogP contribution in [0, 0.1) is 12.7 Å². The van der Waals surface area contributed by atoms with Crippen LogP contribution in [0.25, 0.3) is 0 Å². The van der Waals surface area contributed by atoms with Crippen LogP contribution in [0.15, 0.2) is 41.3 Å². The summed E-state index contributed by atoms with van der Waals surface area (Å²) in [6.45, 7) is 2.75. The summed E-state index contributed by atoms with van der Waals surface area (Å²) in [6.07, 6.45) is 3.68. The molecule has 0 spiro atoms. The van der Waals surface area contributed by atoms with Crippen molar-refractivity contribution in [1.82, 2.24) is 9.62 Å². The quantitative estimate of drug-likeness (QED) is 0.604. The summed E-state index contributed by atoms with van der Waals surface area (Å²) in [4.78, 5) is 24.7. The van der Waals surface area contributed by atoms with E-state index in [9.17, 15) is 22.4 Å². The molecule has 2 N–H and O–H groups in total. The number of carbonyl (C=O) groups is 2. The van der Waals surface area contributed by atoms with Crippen molar-refractivity contribution >= 4 is 39.1 Å². The number of hydrogen-bond acceptors (Lipinski definition) is 4. The summed E-state index contributed by atoms with van der Waals surface area (Å²) in [5.74, 6) is -1.46. The molecular weight excluding hydrogens is 469 g/mol. The van der Waals surface area contributed by atoms with Gasteiger partial charge in [-0.2, -0.15) is 4.31 Å². The van der Waals surface area contributed by atoms with Gasteiger partial charge in [0.1, 0.15) is 5.82 Å². The van der Waals surface area contributed by atoms with Gasteiger partial charge in [-0.25, -0.2) is 12.8 Å². The molecule has 0 unspecified atom stereocenters. The number of hydrogen-bond donors (Lipinski definition) is 2. The van der Waals surface area contributed by atoms with E-state index in [-0.39, 0.29) is 34.4 Å². The second kappa shape index (κ2) is 11.1. The Labute approximate surface area is 198 Å². The first kappa shape index (κ1) is 25.1. The summed E-state index contributed by atoms with van der Waals surface area (Å²) >= 11 is 5.87. The molecule has 0 saturated carbocycles. The molecular formula is C23H27ClFN3O4S. The van der Waals surface area contributed by atoms with Crippen molar-refractivity contribution in [2.45, 2.75) is 43.9 Å². The SMILES string of the molecule is Cc1ccc(NC(=O)CCNC(=O)c2ccc(F)cc2Cl)cc1S(=O)(=O)N1CCCCCC1. The maximum absolute atomic E-state index is 13.2. The molecule has 2 aromatic rings. The molecule has 0 atom stereocenters. The first-order chi connectivity index (χ1) is 15.7. The lowest BCUT2D eigenvalue weighted by Crippen LogP contribution is -2.32. The fraction of sp³-hybridized carbons (Fsp3) is 0.391. The van der Waals surface area contributed by atoms with Crippen LogP contribution in [-0.2, 0) is 14.8 Å². The van der Waals surface area contributed by atoms with Gasteiger partial charge < -0.3 is 10.6 Å². The zero-order chi connectivity index (χ0) is 24.0. The Morgan fingerprint density at radius 3 is 2.42 bits per heavy atom. The van der Waals surface area contributed by atoms with Crippen molar-refractivity contribution in [2.24, 2.45) is 0 Å². The molecule has 2 aromatic carbocycles. The third-order valence-electron chi connectivity index (χ3n) is 5.47. The van der Waals surface area contributed by atoms with Crippen molar-refractivity contribution in [1.29, 1.82) is 0 Å². The lowest BCUT2D eigenvalue weighted by atomic mass is 10.2. The maximum Gasteiger partial charge on any atom is 0.252 e. The minimum Gasteiger partial charge on any atom is -0.351 e. The van der Waals surface area contributed by atoms with Gasteiger partial charge in [-0.15, -0.1) is 0 Å². The van der Waals surface area contributed by atoms with E-state index < -0.39 is 21.7 Å². The highest BCUT2D eigenvalue weighted by atomic mass is 35.5. The van der Waals surface area contributed by atoms with Crippen LogP contribution >= 0.6 is 11.6 Å². The molecule has 3 rings (SSSR count). The van der Waals surface area contributed by atoms with Crippen LogP contribution in [0.3, 0.4) is 0 Å². The van der Waals surface area contributed by atoms with Gasteiger partial charge in [0.15, 0.2) is 0 Å². The Morgan fingerprint density at radius 2 is 1.76 bits per heavy atom. The van der Waals surface area contributed by atoms with Crippen molar-refractivity contribution in [3.8, 4) is 0 Å². The van der Waals surface area contributed by atoms with Gasteiger partial charge in [-0.05, 0) is 55.7 Å². The molecule has 33 heavy (non-hydrogen) atoms. The van der Waals surface area contributed by atoms with Crippen molar-refractivity contribution in [2.75, 3.05) is 25.0 Å². The minimum absolute atomic E-state index is 0.0187. The number of sulfonamides is 1. The van der Waals surface area contributed by atoms with Gasteiger partial charge in [0.05, 0.1) is 15.5 Å². The molecule has 0 radical (unpaired) electrons. The second-order valence-corrected chi connectivity index (χ2v) is 10.3. The van der Waals surface area contributed by atoms with Crippen LogP contribution in [0.4, 0.5) is 10.1 Å². The van der Waals surface area contributed by atoms with E-state index in [1.807, 2.05) is 0 Å². The molecule has 0 bridgehead atoms. The predicted molar refractivity (Wildman–Crippen MR) is 125 cm³/mol. The van der Waals surface area contributed by atoms with E-state index in [1.54, 1.807) is 19.1 Å². The molecule has 1 aliphatic rings. The van der Waals surface area contributed by atoms with E-state index in [0.29, 0.717) is 24.3 Å².